The van der Waals surface area contributed by atoms with Gasteiger partial charge >= 0.3 is 6.09 Å². The molecule has 64 valence electrons. The van der Waals surface area contributed by atoms with Crippen LogP contribution in [0.4, 0.5) is 4.79 Å². The average Bonchev–Trinajstić information content (AvgIpc) is 2.03. The highest BCUT2D eigenvalue weighted by molar-refractivity contribution is 5.63. The van der Waals surface area contributed by atoms with Crippen molar-refractivity contribution in [2.24, 2.45) is 0 Å². The summed E-state index contributed by atoms with van der Waals surface area (Å²) < 4.78 is 5.12. The molecule has 0 aromatic rings. The van der Waals surface area contributed by atoms with Gasteiger partial charge in [0.15, 0.2) is 0 Å². The van der Waals surface area contributed by atoms with Gasteiger partial charge in [-0.3, -0.25) is 5.43 Å². The van der Waals surface area contributed by atoms with E-state index in [0.717, 1.165) is 19.4 Å². The number of hydrogen-bond acceptors (Lipinski definition) is 3. The van der Waals surface area contributed by atoms with E-state index in [4.69, 9.17) is 9.84 Å². The fraction of sp³-hybridized carbons (Fsp3) is 0.833. The Bertz CT molecular complexity index is 134. The van der Waals surface area contributed by atoms with Crippen molar-refractivity contribution in [3.8, 4) is 0 Å². The Morgan fingerprint density at radius 1 is 1.64 bits per heavy atom. The quantitative estimate of drug-likeness (QED) is 0.495. The van der Waals surface area contributed by atoms with Gasteiger partial charge in [-0.2, -0.15) is 0 Å². The second-order valence-electron chi connectivity index (χ2n) is 2.49. The zero-order valence-corrected chi connectivity index (χ0v) is 6.17. The summed E-state index contributed by atoms with van der Waals surface area (Å²) in [5.74, 6) is 0. The van der Waals surface area contributed by atoms with Crippen molar-refractivity contribution < 1.29 is 14.6 Å². The Balaban J connectivity index is 2.09. The first-order valence-electron chi connectivity index (χ1n) is 3.61. The fourth-order valence-corrected chi connectivity index (χ4v) is 1.02. The molecule has 1 rings (SSSR count). The zero-order valence-electron chi connectivity index (χ0n) is 6.17. The van der Waals surface area contributed by atoms with Crippen molar-refractivity contribution in [2.45, 2.75) is 18.9 Å². The molecule has 1 heterocycles. The van der Waals surface area contributed by atoms with E-state index in [1.165, 1.54) is 0 Å². The molecule has 1 aliphatic rings. The lowest BCUT2D eigenvalue weighted by molar-refractivity contribution is 0.0653. The van der Waals surface area contributed by atoms with Crippen molar-refractivity contribution in [1.29, 1.82) is 0 Å². The molecule has 5 heteroatoms. The van der Waals surface area contributed by atoms with E-state index in [0.29, 0.717) is 6.61 Å². The van der Waals surface area contributed by atoms with Crippen LogP contribution in [0.3, 0.4) is 0 Å². The highest BCUT2D eigenvalue weighted by Crippen LogP contribution is 2.04. The first kappa shape index (κ1) is 8.29. The van der Waals surface area contributed by atoms with Crippen molar-refractivity contribution in [1.82, 2.24) is 10.9 Å². The molecule has 1 aliphatic heterocycles. The molecule has 1 fully saturated rings. The summed E-state index contributed by atoms with van der Waals surface area (Å²) in [5.41, 5.74) is 4.75. The summed E-state index contributed by atoms with van der Waals surface area (Å²) in [5, 5.41) is 8.23. The maximum atomic E-state index is 10.0. The van der Waals surface area contributed by atoms with Crippen LogP contribution in [0.25, 0.3) is 0 Å². The third kappa shape index (κ3) is 3.20. The minimum Gasteiger partial charge on any atom is -0.464 e. The van der Waals surface area contributed by atoms with E-state index < -0.39 is 6.09 Å². The first-order valence-corrected chi connectivity index (χ1v) is 3.61. The van der Waals surface area contributed by atoms with Crippen molar-refractivity contribution in [3.05, 3.63) is 0 Å². The summed E-state index contributed by atoms with van der Waals surface area (Å²) in [6.45, 7) is 1.37. The molecule has 5 nitrogen and oxygen atoms in total. The zero-order chi connectivity index (χ0) is 8.10. The van der Waals surface area contributed by atoms with E-state index in [-0.39, 0.29) is 6.04 Å². The largest absolute Gasteiger partial charge is 0.464 e. The van der Waals surface area contributed by atoms with Gasteiger partial charge in [0.2, 0.25) is 0 Å². The van der Waals surface area contributed by atoms with Crippen LogP contribution in [-0.2, 0) is 4.74 Å². The second kappa shape index (κ2) is 4.15. The van der Waals surface area contributed by atoms with Gasteiger partial charge in [-0.15, -0.1) is 0 Å². The normalized spacial score (nSPS) is 24.5. The Kier molecular flexibility index (Phi) is 3.13. The summed E-state index contributed by atoms with van der Waals surface area (Å²) in [6, 6.07) is 0.125. The maximum Gasteiger partial charge on any atom is 0.419 e. The Labute approximate surface area is 64.7 Å². The van der Waals surface area contributed by atoms with Crippen LogP contribution in [0.15, 0.2) is 0 Å². The Hall–Kier alpha value is -0.810. The molecule has 0 aliphatic carbocycles. The number of carboxylic acid groups (broad SMARTS) is 1. The van der Waals surface area contributed by atoms with Crippen LogP contribution < -0.4 is 10.9 Å². The monoisotopic (exact) mass is 160 g/mol. The number of hydrogen-bond donors (Lipinski definition) is 3. The average molecular weight is 160 g/mol. The van der Waals surface area contributed by atoms with Crippen LogP contribution in [0.2, 0.25) is 0 Å². The summed E-state index contributed by atoms with van der Waals surface area (Å²) in [7, 11) is 0. The van der Waals surface area contributed by atoms with E-state index in [9.17, 15) is 4.79 Å². The highest BCUT2D eigenvalue weighted by atomic mass is 16.5. The Morgan fingerprint density at radius 2 is 2.45 bits per heavy atom. The third-order valence-corrected chi connectivity index (χ3v) is 1.54. The van der Waals surface area contributed by atoms with Gasteiger partial charge in [-0.25, -0.2) is 10.2 Å². The minimum atomic E-state index is -1.06. The number of amides is 1. The van der Waals surface area contributed by atoms with E-state index in [1.54, 1.807) is 0 Å². The van der Waals surface area contributed by atoms with Gasteiger partial charge in [0.05, 0.1) is 6.61 Å². The van der Waals surface area contributed by atoms with Crippen LogP contribution >= 0.6 is 0 Å². The van der Waals surface area contributed by atoms with Crippen molar-refractivity contribution in [3.63, 3.8) is 0 Å². The van der Waals surface area contributed by atoms with Crippen LogP contribution in [0.5, 0.6) is 0 Å². The molecule has 1 unspecified atom stereocenters. The van der Waals surface area contributed by atoms with Gasteiger partial charge in [0.25, 0.3) is 0 Å². The number of ether oxygens (including phenoxy) is 1. The standard InChI is InChI=1S/C6H12N2O3/c9-6(10)8-7-5-2-1-3-11-4-5/h5,7-8H,1-4H2,(H,9,10). The predicted molar refractivity (Wildman–Crippen MR) is 38.1 cm³/mol. The highest BCUT2D eigenvalue weighted by Gasteiger charge is 2.13. The van der Waals surface area contributed by atoms with Gasteiger partial charge in [-0.05, 0) is 12.8 Å². The molecule has 1 saturated heterocycles. The SMILES string of the molecule is O=C(O)NNC1CCCOC1. The molecule has 0 saturated carbocycles. The maximum absolute atomic E-state index is 10.0. The molecule has 11 heavy (non-hydrogen) atoms. The topological polar surface area (TPSA) is 70.6 Å². The third-order valence-electron chi connectivity index (χ3n) is 1.54. The number of carbonyl (C=O) groups is 1. The molecule has 3 N–H and O–H groups in total. The number of hydrazine groups is 1. The lowest BCUT2D eigenvalue weighted by atomic mass is 10.1. The summed E-state index contributed by atoms with van der Waals surface area (Å²) >= 11 is 0. The molecule has 0 radical (unpaired) electrons. The number of nitrogens with one attached hydrogen (secondary N) is 2. The second-order valence-corrected chi connectivity index (χ2v) is 2.49. The smallest absolute Gasteiger partial charge is 0.419 e. The van der Waals surface area contributed by atoms with E-state index in [2.05, 4.69) is 10.9 Å². The summed E-state index contributed by atoms with van der Waals surface area (Å²) in [4.78, 5) is 10.0. The van der Waals surface area contributed by atoms with E-state index >= 15 is 0 Å². The van der Waals surface area contributed by atoms with Crippen LogP contribution in [0.1, 0.15) is 12.8 Å². The number of rotatable bonds is 2. The fourth-order valence-electron chi connectivity index (χ4n) is 1.02. The van der Waals surface area contributed by atoms with Gasteiger partial charge < -0.3 is 9.84 Å². The predicted octanol–water partition coefficient (Wildman–Crippen LogP) is -0.0624. The molecule has 0 spiro atoms. The molecule has 1 atom stereocenters. The van der Waals surface area contributed by atoms with Crippen molar-refractivity contribution >= 4 is 6.09 Å². The molecule has 0 aromatic carbocycles. The molecular weight excluding hydrogens is 148 g/mol. The van der Waals surface area contributed by atoms with Crippen LogP contribution in [0, 0.1) is 0 Å². The molecule has 0 aromatic heterocycles. The molecule has 1 amide bonds. The lowest BCUT2D eigenvalue weighted by Crippen LogP contribution is -2.47. The van der Waals surface area contributed by atoms with Crippen LogP contribution in [-0.4, -0.2) is 30.5 Å². The van der Waals surface area contributed by atoms with Gasteiger partial charge in [-0.1, -0.05) is 0 Å². The van der Waals surface area contributed by atoms with Gasteiger partial charge in [0, 0.05) is 12.6 Å². The minimum absolute atomic E-state index is 0.125. The molecule has 0 bridgehead atoms. The summed E-state index contributed by atoms with van der Waals surface area (Å²) in [6.07, 6.45) is 0.884. The Morgan fingerprint density at radius 3 is 3.00 bits per heavy atom. The van der Waals surface area contributed by atoms with Crippen molar-refractivity contribution in [2.75, 3.05) is 13.2 Å². The van der Waals surface area contributed by atoms with Gasteiger partial charge in [0.1, 0.15) is 0 Å². The molecular formula is C6H12N2O3. The lowest BCUT2D eigenvalue weighted by Gasteiger charge is -2.22. The first-order chi connectivity index (χ1) is 5.29. The van der Waals surface area contributed by atoms with E-state index in [1.807, 2.05) is 0 Å².